The summed E-state index contributed by atoms with van der Waals surface area (Å²) in [6, 6.07) is 5.21. The minimum Gasteiger partial charge on any atom is -0.355 e. The highest BCUT2D eigenvalue weighted by Gasteiger charge is 2.47. The van der Waals surface area contributed by atoms with Gasteiger partial charge in [0, 0.05) is 25.3 Å². The third kappa shape index (κ3) is 2.43. The lowest BCUT2D eigenvalue weighted by atomic mass is 9.73. The van der Waals surface area contributed by atoms with Crippen LogP contribution >= 0.6 is 0 Å². The van der Waals surface area contributed by atoms with Crippen LogP contribution in [0.2, 0.25) is 0 Å². The van der Waals surface area contributed by atoms with Gasteiger partial charge in [-0.1, -0.05) is 19.6 Å². The number of nitrogens with zero attached hydrogens (tertiary/aromatic N) is 4. The second-order valence-electron chi connectivity index (χ2n) is 7.34. The molecule has 5 nitrogen and oxygen atoms in total. The van der Waals surface area contributed by atoms with E-state index in [1.54, 1.807) is 18.3 Å². The van der Waals surface area contributed by atoms with E-state index in [2.05, 4.69) is 14.9 Å². The maximum Gasteiger partial charge on any atom is 0.147 e. The van der Waals surface area contributed by atoms with Crippen LogP contribution in [0.4, 0.5) is 10.2 Å². The van der Waals surface area contributed by atoms with Crippen LogP contribution in [0.25, 0.3) is 0 Å². The molecule has 0 saturated carbocycles. The first-order valence-corrected chi connectivity index (χ1v) is 8.80. The molecule has 1 atom stereocenters. The molecule has 3 aliphatic rings. The van der Waals surface area contributed by atoms with Crippen LogP contribution in [0.5, 0.6) is 0 Å². The van der Waals surface area contributed by atoms with Crippen LogP contribution in [0.1, 0.15) is 48.8 Å². The van der Waals surface area contributed by atoms with E-state index in [4.69, 9.17) is 10.7 Å². The quantitative estimate of drug-likeness (QED) is 0.856. The molecular weight excluding hydrogens is 329 g/mol. The summed E-state index contributed by atoms with van der Waals surface area (Å²) in [5, 5.41) is 0. The van der Waals surface area contributed by atoms with Crippen LogP contribution in [0, 0.1) is 11.2 Å². The Bertz CT molecular complexity index is 871. The van der Waals surface area contributed by atoms with Gasteiger partial charge in [-0.25, -0.2) is 14.4 Å². The largest absolute Gasteiger partial charge is 0.355 e. The van der Waals surface area contributed by atoms with Gasteiger partial charge in [-0.2, -0.15) is 0 Å². The molecule has 3 heterocycles. The molecule has 0 radical (unpaired) electrons. The molecule has 5 rings (SSSR count). The summed E-state index contributed by atoms with van der Waals surface area (Å²) in [5.74, 6) is 0.797. The predicted molar refractivity (Wildman–Crippen MR) is 101 cm³/mol. The summed E-state index contributed by atoms with van der Waals surface area (Å²) in [7, 11) is 0. The van der Waals surface area contributed by atoms with E-state index in [1.807, 2.05) is 12.3 Å². The smallest absolute Gasteiger partial charge is 0.147 e. The van der Waals surface area contributed by atoms with Gasteiger partial charge < -0.3 is 10.6 Å². The molecule has 136 valence electrons. The van der Waals surface area contributed by atoms with E-state index in [-0.39, 0.29) is 24.7 Å². The van der Waals surface area contributed by atoms with Crippen LogP contribution in [0.15, 0.2) is 29.4 Å². The SMILES string of the molecule is C.N[C@H]1c2cccc(F)c2CC12CCN(c1cnc3c(n1)CN=C3)CC2. The van der Waals surface area contributed by atoms with Crippen molar-refractivity contribution in [1.29, 1.82) is 0 Å². The molecule has 2 aliphatic heterocycles. The Hall–Kier alpha value is -2.34. The van der Waals surface area contributed by atoms with Crippen LogP contribution in [0.3, 0.4) is 0 Å². The van der Waals surface area contributed by atoms with Crippen molar-refractivity contribution in [2.75, 3.05) is 18.0 Å². The Morgan fingerprint density at radius 2 is 2.04 bits per heavy atom. The molecule has 1 aromatic carbocycles. The van der Waals surface area contributed by atoms with Gasteiger partial charge >= 0.3 is 0 Å². The van der Waals surface area contributed by atoms with E-state index in [0.29, 0.717) is 6.54 Å². The van der Waals surface area contributed by atoms with Crippen LogP contribution < -0.4 is 10.6 Å². The number of rotatable bonds is 1. The first kappa shape index (κ1) is 17.1. The Labute approximate surface area is 153 Å². The zero-order chi connectivity index (χ0) is 17.0. The predicted octanol–water partition coefficient (Wildman–Crippen LogP) is 3.03. The molecule has 1 aliphatic carbocycles. The van der Waals surface area contributed by atoms with Crippen molar-refractivity contribution < 1.29 is 4.39 Å². The van der Waals surface area contributed by atoms with Gasteiger partial charge in [0.15, 0.2) is 0 Å². The van der Waals surface area contributed by atoms with Gasteiger partial charge in [-0.05, 0) is 41.9 Å². The zero-order valence-electron chi connectivity index (χ0n) is 14.0. The summed E-state index contributed by atoms with van der Waals surface area (Å²) in [5.41, 5.74) is 10.2. The molecule has 0 bridgehead atoms. The fourth-order valence-electron chi connectivity index (χ4n) is 4.54. The second-order valence-corrected chi connectivity index (χ2v) is 7.34. The first-order valence-electron chi connectivity index (χ1n) is 8.80. The van der Waals surface area contributed by atoms with Gasteiger partial charge in [0.1, 0.15) is 17.3 Å². The highest BCUT2D eigenvalue weighted by molar-refractivity contribution is 5.81. The fourth-order valence-corrected chi connectivity index (χ4v) is 4.54. The molecule has 6 heteroatoms. The monoisotopic (exact) mass is 353 g/mol. The summed E-state index contributed by atoms with van der Waals surface area (Å²) in [6.45, 7) is 2.36. The average molecular weight is 353 g/mol. The Morgan fingerprint density at radius 1 is 1.23 bits per heavy atom. The van der Waals surface area contributed by atoms with Crippen LogP contribution in [-0.4, -0.2) is 29.3 Å². The molecule has 0 amide bonds. The zero-order valence-corrected chi connectivity index (χ0v) is 14.0. The van der Waals surface area contributed by atoms with Gasteiger partial charge in [-0.3, -0.25) is 4.99 Å². The van der Waals surface area contributed by atoms with Gasteiger partial charge in [0.2, 0.25) is 0 Å². The van der Waals surface area contributed by atoms with Crippen molar-refractivity contribution in [2.45, 2.75) is 39.3 Å². The molecule has 0 unspecified atom stereocenters. The average Bonchev–Trinajstić information content (AvgIpc) is 3.20. The van der Waals surface area contributed by atoms with Crippen LogP contribution in [-0.2, 0) is 13.0 Å². The summed E-state index contributed by atoms with van der Waals surface area (Å²) < 4.78 is 14.2. The molecular formula is C20H24FN5. The fraction of sp³-hybridized carbons (Fsp3) is 0.450. The number of benzene rings is 1. The van der Waals surface area contributed by atoms with Gasteiger partial charge in [0.25, 0.3) is 0 Å². The Balaban J connectivity index is 0.00000168. The number of aliphatic imine (C=N–C) groups is 1. The van der Waals surface area contributed by atoms with Crippen molar-refractivity contribution >= 4 is 12.0 Å². The topological polar surface area (TPSA) is 67.4 Å². The summed E-state index contributed by atoms with van der Waals surface area (Å²) in [4.78, 5) is 15.6. The Kier molecular flexibility index (Phi) is 4.03. The molecule has 1 spiro atoms. The minimum atomic E-state index is -0.114. The number of nitrogens with two attached hydrogens (primary N) is 1. The standard InChI is InChI=1S/C19H20FN5.CH4/c20-14-3-1-2-12-13(14)8-19(18(12)21)4-6-25(7-5-19)17-11-23-15-9-22-10-16(15)24-17;/h1-3,9,11,18H,4-8,10,21H2;1H4/t18-;/m0./s1. The lowest BCUT2D eigenvalue weighted by molar-refractivity contribution is 0.186. The highest BCUT2D eigenvalue weighted by atomic mass is 19.1. The van der Waals surface area contributed by atoms with E-state index in [0.717, 1.165) is 60.7 Å². The maximum absolute atomic E-state index is 14.2. The number of piperidine rings is 1. The van der Waals surface area contributed by atoms with Crippen molar-refractivity contribution in [3.05, 3.63) is 52.7 Å². The molecule has 2 N–H and O–H groups in total. The number of hydrogen-bond acceptors (Lipinski definition) is 5. The minimum absolute atomic E-state index is 0. The normalized spacial score (nSPS) is 22.2. The number of hydrogen-bond donors (Lipinski definition) is 1. The highest BCUT2D eigenvalue weighted by Crippen LogP contribution is 2.51. The van der Waals surface area contributed by atoms with Gasteiger partial charge in [-0.15, -0.1) is 0 Å². The third-order valence-corrected chi connectivity index (χ3v) is 6.08. The molecule has 1 fully saturated rings. The summed E-state index contributed by atoms with van der Waals surface area (Å²) in [6.07, 6.45) is 6.24. The van der Waals surface area contributed by atoms with Gasteiger partial charge in [0.05, 0.1) is 18.4 Å². The maximum atomic E-state index is 14.2. The van der Waals surface area contributed by atoms with Crippen molar-refractivity contribution in [3.8, 4) is 0 Å². The second kappa shape index (κ2) is 6.13. The van der Waals surface area contributed by atoms with E-state index in [9.17, 15) is 4.39 Å². The van der Waals surface area contributed by atoms with E-state index >= 15 is 0 Å². The number of halogens is 1. The third-order valence-electron chi connectivity index (χ3n) is 6.08. The lowest BCUT2D eigenvalue weighted by Crippen LogP contribution is -2.44. The first-order chi connectivity index (χ1) is 12.2. The van der Waals surface area contributed by atoms with Crippen molar-refractivity contribution in [3.63, 3.8) is 0 Å². The molecule has 2 aromatic rings. The van der Waals surface area contributed by atoms with E-state index in [1.165, 1.54) is 0 Å². The lowest BCUT2D eigenvalue weighted by Gasteiger charge is -2.42. The Morgan fingerprint density at radius 3 is 2.81 bits per heavy atom. The molecule has 26 heavy (non-hydrogen) atoms. The van der Waals surface area contributed by atoms with E-state index < -0.39 is 0 Å². The summed E-state index contributed by atoms with van der Waals surface area (Å²) >= 11 is 0. The molecule has 1 saturated heterocycles. The number of aromatic nitrogens is 2. The number of anilines is 1. The van der Waals surface area contributed by atoms with Crippen molar-refractivity contribution in [2.24, 2.45) is 16.1 Å². The molecule has 1 aromatic heterocycles. The van der Waals surface area contributed by atoms with Crippen molar-refractivity contribution in [1.82, 2.24) is 9.97 Å². The number of fused-ring (bicyclic) bond motifs is 2.